The molecule has 0 spiro atoms. The van der Waals surface area contributed by atoms with E-state index in [1.807, 2.05) is 0 Å². The fraction of sp³-hybridized carbons (Fsp3) is 0.744. The van der Waals surface area contributed by atoms with Crippen molar-refractivity contribution in [3.63, 3.8) is 0 Å². The quantitative estimate of drug-likeness (QED) is 0.0693. The average Bonchev–Trinajstić information content (AvgIpc) is 3.91. The number of hydrogen-bond donors (Lipinski definition) is 6. The summed E-state index contributed by atoms with van der Waals surface area (Å²) in [5.41, 5.74) is 4.57. The number of anilines is 1. The fourth-order valence-electron chi connectivity index (χ4n) is 8.68. The molecule has 1 saturated carbocycles. The molecule has 4 aliphatic heterocycles. The van der Waals surface area contributed by atoms with Gasteiger partial charge in [-0.15, -0.1) is 0 Å². The normalized spacial score (nSPS) is 26.9. The van der Waals surface area contributed by atoms with E-state index in [4.69, 9.17) is 18.9 Å². The minimum Gasteiger partial charge on any atom is -0.382 e. The van der Waals surface area contributed by atoms with Crippen LogP contribution in [0.5, 0.6) is 0 Å². The lowest BCUT2D eigenvalue weighted by molar-refractivity contribution is -0.136. The van der Waals surface area contributed by atoms with Crippen LogP contribution in [0.3, 0.4) is 0 Å². The van der Waals surface area contributed by atoms with E-state index in [9.17, 15) is 19.2 Å². The molecule has 5 aliphatic rings. The topological polar surface area (TPSA) is 184 Å². The summed E-state index contributed by atoms with van der Waals surface area (Å²) in [7, 11) is 0. The average molecular weight is 771 g/mol. The first-order valence-corrected chi connectivity index (χ1v) is 20.5. The van der Waals surface area contributed by atoms with Crippen LogP contribution >= 0.6 is 0 Å². The summed E-state index contributed by atoms with van der Waals surface area (Å²) in [5.74, 6) is -1.38. The molecular weight excluding hydrogens is 708 g/mol. The molecule has 6 atom stereocenters. The summed E-state index contributed by atoms with van der Waals surface area (Å²) in [6.07, 6.45) is 9.32. The lowest BCUT2D eigenvalue weighted by Crippen LogP contribution is -2.66. The van der Waals surface area contributed by atoms with Gasteiger partial charge in [-0.1, -0.05) is 32.8 Å². The number of benzene rings is 1. The number of imide groups is 2. The number of hydrazine groups is 1. The molecule has 1 aliphatic carbocycles. The van der Waals surface area contributed by atoms with Crippen LogP contribution in [0.15, 0.2) is 18.2 Å². The van der Waals surface area contributed by atoms with Gasteiger partial charge < -0.3 is 29.6 Å². The maximum absolute atomic E-state index is 13.2. The number of nitrogens with zero attached hydrogens (tertiary/aromatic N) is 2. The molecule has 6 rings (SSSR count). The Bertz CT molecular complexity index is 1450. The highest BCUT2D eigenvalue weighted by molar-refractivity contribution is 6.25. The monoisotopic (exact) mass is 770 g/mol. The molecule has 3 saturated heterocycles. The van der Waals surface area contributed by atoms with Crippen molar-refractivity contribution in [2.75, 3.05) is 77.8 Å². The second-order valence-corrected chi connectivity index (χ2v) is 15.1. The minimum atomic E-state index is -1.000. The molecule has 4 heterocycles. The summed E-state index contributed by atoms with van der Waals surface area (Å²) >= 11 is 0. The molecule has 4 amide bonds. The highest BCUT2D eigenvalue weighted by Crippen LogP contribution is 2.32. The molecule has 306 valence electrons. The number of rotatable bonds is 23. The zero-order valence-corrected chi connectivity index (χ0v) is 32.6. The van der Waals surface area contributed by atoms with Gasteiger partial charge in [0.05, 0.1) is 76.3 Å². The van der Waals surface area contributed by atoms with E-state index in [2.05, 4.69) is 50.9 Å². The fourth-order valence-corrected chi connectivity index (χ4v) is 8.68. The number of carbonyl (C=O) groups excluding carboxylic acids is 4. The van der Waals surface area contributed by atoms with Crippen molar-refractivity contribution < 1.29 is 38.1 Å². The molecule has 0 radical (unpaired) electrons. The maximum Gasteiger partial charge on any atom is 0.264 e. The van der Waals surface area contributed by atoms with Gasteiger partial charge in [0.1, 0.15) is 6.04 Å². The van der Waals surface area contributed by atoms with Gasteiger partial charge in [0, 0.05) is 49.9 Å². The van der Waals surface area contributed by atoms with Gasteiger partial charge in [-0.2, -0.15) is 0 Å². The van der Waals surface area contributed by atoms with Crippen LogP contribution in [0.1, 0.15) is 92.4 Å². The van der Waals surface area contributed by atoms with Gasteiger partial charge in [-0.05, 0) is 56.6 Å². The van der Waals surface area contributed by atoms with Crippen LogP contribution in [0.25, 0.3) is 0 Å². The van der Waals surface area contributed by atoms with Crippen molar-refractivity contribution in [1.29, 1.82) is 0 Å². The van der Waals surface area contributed by atoms with E-state index in [0.717, 1.165) is 43.2 Å². The number of carbonyl (C=O) groups is 4. The smallest absolute Gasteiger partial charge is 0.264 e. The number of ether oxygens (including phenoxy) is 4. The van der Waals surface area contributed by atoms with E-state index in [1.54, 1.807) is 18.2 Å². The molecule has 4 unspecified atom stereocenters. The Morgan fingerprint density at radius 2 is 1.49 bits per heavy atom. The number of piperidine rings is 1. The van der Waals surface area contributed by atoms with Gasteiger partial charge in [0.2, 0.25) is 11.8 Å². The predicted octanol–water partition coefficient (Wildman–Crippen LogP) is 1.33. The highest BCUT2D eigenvalue weighted by Gasteiger charge is 2.46. The van der Waals surface area contributed by atoms with Crippen molar-refractivity contribution in [3.05, 3.63) is 29.3 Å². The summed E-state index contributed by atoms with van der Waals surface area (Å²) in [6, 6.07) is 5.61. The zero-order valence-electron chi connectivity index (χ0n) is 32.6. The zero-order chi connectivity index (χ0) is 38.6. The third kappa shape index (κ3) is 10.9. The van der Waals surface area contributed by atoms with E-state index >= 15 is 0 Å². The molecule has 6 N–H and O–H groups in total. The molecule has 1 aromatic rings. The van der Waals surface area contributed by atoms with Crippen LogP contribution in [-0.4, -0.2) is 143 Å². The van der Waals surface area contributed by atoms with Crippen LogP contribution in [0.4, 0.5) is 5.69 Å². The highest BCUT2D eigenvalue weighted by atomic mass is 16.6. The summed E-state index contributed by atoms with van der Waals surface area (Å²) < 4.78 is 22.7. The summed E-state index contributed by atoms with van der Waals surface area (Å²) in [5, 5.41) is 19.4. The summed E-state index contributed by atoms with van der Waals surface area (Å²) in [6.45, 7) is 10.8. The van der Waals surface area contributed by atoms with Gasteiger partial charge in [0.15, 0.2) is 0 Å². The molecule has 0 aromatic heterocycles. The van der Waals surface area contributed by atoms with Crippen molar-refractivity contribution in [2.45, 2.75) is 108 Å². The minimum absolute atomic E-state index is 0.0757. The lowest BCUT2D eigenvalue weighted by Gasteiger charge is -2.45. The Morgan fingerprint density at radius 3 is 2.20 bits per heavy atom. The maximum atomic E-state index is 13.2. The van der Waals surface area contributed by atoms with Crippen molar-refractivity contribution in [3.8, 4) is 0 Å². The van der Waals surface area contributed by atoms with Gasteiger partial charge >= 0.3 is 0 Å². The number of hydrogen-bond acceptors (Lipinski definition) is 14. The van der Waals surface area contributed by atoms with Gasteiger partial charge in [0.25, 0.3) is 11.8 Å². The predicted molar refractivity (Wildman–Crippen MR) is 205 cm³/mol. The molecule has 1 aromatic carbocycles. The van der Waals surface area contributed by atoms with E-state index in [0.29, 0.717) is 95.5 Å². The number of nitrogens with one attached hydrogen (secondary N) is 6. The molecular formula is C39H62N8O8. The lowest BCUT2D eigenvalue weighted by atomic mass is 9.89. The SMILES string of the molecule is CCC(CC)C1CC(N[C@H]2CC[C@H](NCCOCCOCCOCCOCCNc3cccc4c3C(=O)N(C3CCC(=O)NC3=O)C4=O)C2)N2NCCC2N1. The Kier molecular flexibility index (Phi) is 15.8. The van der Waals surface area contributed by atoms with Crippen LogP contribution in [0, 0.1) is 5.92 Å². The van der Waals surface area contributed by atoms with Crippen molar-refractivity contribution in [1.82, 2.24) is 36.6 Å². The second kappa shape index (κ2) is 20.9. The number of fused-ring (bicyclic) bond motifs is 2. The first kappa shape index (κ1) is 41.6. The van der Waals surface area contributed by atoms with E-state index in [-0.39, 0.29) is 24.0 Å². The number of amides is 4. The Balaban J connectivity index is 0.742. The molecule has 55 heavy (non-hydrogen) atoms. The first-order chi connectivity index (χ1) is 26.9. The van der Waals surface area contributed by atoms with Gasteiger partial charge in [-0.3, -0.25) is 45.5 Å². The third-order valence-corrected chi connectivity index (χ3v) is 11.6. The van der Waals surface area contributed by atoms with E-state index in [1.165, 1.54) is 25.7 Å². The largest absolute Gasteiger partial charge is 0.382 e. The molecule has 16 heteroatoms. The van der Waals surface area contributed by atoms with Gasteiger partial charge in [-0.25, -0.2) is 5.01 Å². The van der Waals surface area contributed by atoms with Crippen LogP contribution in [-0.2, 0) is 28.5 Å². The Labute approximate surface area is 324 Å². The third-order valence-electron chi connectivity index (χ3n) is 11.6. The first-order valence-electron chi connectivity index (χ1n) is 20.5. The molecule has 16 nitrogen and oxygen atoms in total. The second-order valence-electron chi connectivity index (χ2n) is 15.1. The van der Waals surface area contributed by atoms with Crippen LogP contribution in [0.2, 0.25) is 0 Å². The van der Waals surface area contributed by atoms with E-state index < -0.39 is 29.7 Å². The molecule has 4 fully saturated rings. The van der Waals surface area contributed by atoms with Crippen molar-refractivity contribution >= 4 is 29.3 Å². The Morgan fingerprint density at radius 1 is 0.800 bits per heavy atom. The standard InChI is InChI=1S/C39H62N8O8/c1-3-26(4-2)31-25-34(47-33(44-31)12-13-42-47)43-28-9-8-27(24-28)40-14-16-52-18-20-54-22-23-55-21-19-53-17-15-41-30-7-5-6-29-36(30)39(51)46(38(29)50)32-10-11-35(48)45-37(32)49/h5-7,26-28,31-34,40-44H,3-4,8-25H2,1-2H3,(H,45,48,49)/t27-,28-,31?,32?,33?,34?/m0/s1. The summed E-state index contributed by atoms with van der Waals surface area (Å²) in [4.78, 5) is 51.0. The van der Waals surface area contributed by atoms with Crippen LogP contribution < -0.4 is 32.0 Å². The Hall–Kier alpha value is -3.06. The van der Waals surface area contributed by atoms with Crippen molar-refractivity contribution in [2.24, 2.45) is 5.92 Å². The molecule has 0 bridgehead atoms.